The Morgan fingerprint density at radius 2 is 2.21 bits per heavy atom. The van der Waals surface area contributed by atoms with E-state index in [2.05, 4.69) is 15.5 Å². The van der Waals surface area contributed by atoms with Crippen molar-refractivity contribution in [1.82, 2.24) is 5.16 Å². The number of aromatic nitrogens is 1. The number of carbonyl (C=O) groups is 1. The molecule has 0 saturated heterocycles. The molecule has 2 aromatic heterocycles. The van der Waals surface area contributed by atoms with Crippen molar-refractivity contribution in [3.05, 3.63) is 58.9 Å². The molecule has 6 nitrogen and oxygen atoms in total. The topological polar surface area (TPSA) is 93.5 Å². The number of amidine groups is 1. The van der Waals surface area contributed by atoms with E-state index in [9.17, 15) is 9.18 Å². The van der Waals surface area contributed by atoms with Gasteiger partial charge in [-0.05, 0) is 43.0 Å². The quantitative estimate of drug-likeness (QED) is 0.655. The van der Waals surface area contributed by atoms with Gasteiger partial charge >= 0.3 is 0 Å². The minimum Gasteiger partial charge on any atom is -0.379 e. The summed E-state index contributed by atoms with van der Waals surface area (Å²) < 4.78 is 19.7. The number of thioether (sulfide) groups is 1. The summed E-state index contributed by atoms with van der Waals surface area (Å²) in [4.78, 5) is 17.8. The van der Waals surface area contributed by atoms with Crippen LogP contribution in [0, 0.1) is 5.82 Å². The zero-order valence-electron chi connectivity index (χ0n) is 14.9. The molecule has 144 valence electrons. The van der Waals surface area contributed by atoms with Crippen molar-refractivity contribution in [1.29, 1.82) is 0 Å². The van der Waals surface area contributed by atoms with E-state index in [4.69, 9.17) is 10.3 Å². The molecule has 28 heavy (non-hydrogen) atoms. The number of benzene rings is 1. The summed E-state index contributed by atoms with van der Waals surface area (Å²) in [6.07, 6.45) is 0.653. The second kappa shape index (κ2) is 7.40. The van der Waals surface area contributed by atoms with Crippen molar-refractivity contribution in [3.8, 4) is 10.6 Å². The highest BCUT2D eigenvalue weighted by Gasteiger charge is 2.32. The number of carbonyl (C=O) groups excluding carboxylic acids is 1. The molecule has 0 bridgehead atoms. The largest absolute Gasteiger partial charge is 0.379 e. The molecule has 9 heteroatoms. The van der Waals surface area contributed by atoms with Gasteiger partial charge in [0.2, 0.25) is 0 Å². The fourth-order valence-electron chi connectivity index (χ4n) is 3.01. The Morgan fingerprint density at radius 3 is 2.96 bits per heavy atom. The van der Waals surface area contributed by atoms with Crippen LogP contribution in [0.1, 0.15) is 29.4 Å². The summed E-state index contributed by atoms with van der Waals surface area (Å²) in [5.74, 6) is 0.463. The molecule has 3 heterocycles. The zero-order valence-corrected chi connectivity index (χ0v) is 16.6. The molecule has 4 rings (SSSR count). The van der Waals surface area contributed by atoms with Crippen LogP contribution >= 0.6 is 23.1 Å². The molecule has 0 aliphatic carbocycles. The van der Waals surface area contributed by atoms with E-state index in [1.165, 1.54) is 35.2 Å². The van der Waals surface area contributed by atoms with Gasteiger partial charge in [0, 0.05) is 23.1 Å². The van der Waals surface area contributed by atoms with Crippen LogP contribution in [0.15, 0.2) is 51.3 Å². The average Bonchev–Trinajstić information content (AvgIpc) is 3.34. The first-order chi connectivity index (χ1) is 13.4. The van der Waals surface area contributed by atoms with Crippen molar-refractivity contribution < 1.29 is 13.7 Å². The highest BCUT2D eigenvalue weighted by atomic mass is 32.2. The predicted molar refractivity (Wildman–Crippen MR) is 110 cm³/mol. The van der Waals surface area contributed by atoms with Gasteiger partial charge in [-0.1, -0.05) is 23.0 Å². The number of aliphatic imine (C=N–C) groups is 1. The summed E-state index contributed by atoms with van der Waals surface area (Å²) >= 11 is 2.94. The SMILES string of the molecule is CC1(c2cc(NC(=O)c3cc(-c4cccs4)on3)ccc2F)CCSC(N)=N1. The molecule has 0 fully saturated rings. The van der Waals surface area contributed by atoms with E-state index in [1.807, 2.05) is 24.4 Å². The number of nitrogens with one attached hydrogen (secondary N) is 1. The lowest BCUT2D eigenvalue weighted by atomic mass is 9.89. The number of nitrogens with two attached hydrogens (primary N) is 1. The van der Waals surface area contributed by atoms with Gasteiger partial charge in [0.25, 0.3) is 5.91 Å². The van der Waals surface area contributed by atoms with Gasteiger partial charge in [0.1, 0.15) is 5.82 Å². The first-order valence-corrected chi connectivity index (χ1v) is 10.4. The minimum absolute atomic E-state index is 0.150. The summed E-state index contributed by atoms with van der Waals surface area (Å²) in [6.45, 7) is 1.84. The Balaban J connectivity index is 1.57. The van der Waals surface area contributed by atoms with E-state index in [-0.39, 0.29) is 11.5 Å². The van der Waals surface area contributed by atoms with Crippen LogP contribution in [0.25, 0.3) is 10.6 Å². The number of halogens is 1. The van der Waals surface area contributed by atoms with Crippen LogP contribution < -0.4 is 11.1 Å². The lowest BCUT2D eigenvalue weighted by Gasteiger charge is -2.30. The summed E-state index contributed by atoms with van der Waals surface area (Å²) in [5, 5.41) is 8.92. The number of rotatable bonds is 4. The van der Waals surface area contributed by atoms with E-state index in [0.717, 1.165) is 10.6 Å². The maximum atomic E-state index is 14.5. The molecule has 3 aromatic rings. The first-order valence-electron chi connectivity index (χ1n) is 8.55. The molecule has 1 aromatic carbocycles. The second-order valence-electron chi connectivity index (χ2n) is 6.52. The number of thiophene rings is 1. The third-order valence-electron chi connectivity index (χ3n) is 4.51. The third kappa shape index (κ3) is 3.67. The Kier molecular flexibility index (Phi) is 4.94. The van der Waals surface area contributed by atoms with Gasteiger partial charge in [0.15, 0.2) is 16.6 Å². The lowest BCUT2D eigenvalue weighted by Crippen LogP contribution is -2.29. The number of hydrogen-bond acceptors (Lipinski definition) is 7. The van der Waals surface area contributed by atoms with E-state index >= 15 is 0 Å². The predicted octanol–water partition coefficient (Wildman–Crippen LogP) is 4.46. The van der Waals surface area contributed by atoms with Gasteiger partial charge in [0.05, 0.1) is 10.4 Å². The van der Waals surface area contributed by atoms with Gasteiger partial charge in [-0.25, -0.2) is 4.39 Å². The second-order valence-corrected chi connectivity index (χ2v) is 8.59. The van der Waals surface area contributed by atoms with Crippen LogP contribution in [0.3, 0.4) is 0 Å². The zero-order chi connectivity index (χ0) is 19.7. The highest BCUT2D eigenvalue weighted by molar-refractivity contribution is 8.13. The summed E-state index contributed by atoms with van der Waals surface area (Å²) in [6, 6.07) is 9.78. The van der Waals surface area contributed by atoms with Crippen molar-refractivity contribution in [3.63, 3.8) is 0 Å². The maximum Gasteiger partial charge on any atom is 0.277 e. The fourth-order valence-corrected chi connectivity index (χ4v) is 4.66. The van der Waals surface area contributed by atoms with Crippen LogP contribution in [0.4, 0.5) is 10.1 Å². The monoisotopic (exact) mass is 416 g/mol. The molecule has 1 amide bonds. The Morgan fingerprint density at radius 1 is 1.36 bits per heavy atom. The van der Waals surface area contributed by atoms with Crippen LogP contribution in [0.5, 0.6) is 0 Å². The van der Waals surface area contributed by atoms with Gasteiger partial charge < -0.3 is 15.6 Å². The molecular weight excluding hydrogens is 399 g/mol. The van der Waals surface area contributed by atoms with Crippen LogP contribution in [-0.4, -0.2) is 22.0 Å². The average molecular weight is 417 g/mol. The number of hydrogen-bond donors (Lipinski definition) is 2. The standard InChI is InChI=1S/C19H17FN4O2S2/c1-19(6-8-28-18(21)23-19)12-9-11(4-5-13(12)20)22-17(25)14-10-15(26-24-14)16-3-2-7-27-16/h2-5,7,9-10H,6,8H2,1H3,(H2,21,23)(H,22,25). The molecule has 0 saturated carbocycles. The Hall–Kier alpha value is -2.65. The number of amides is 1. The number of nitrogens with zero attached hydrogens (tertiary/aromatic N) is 2. The first kappa shape index (κ1) is 18.7. The van der Waals surface area contributed by atoms with Crippen molar-refractivity contribution in [2.24, 2.45) is 10.7 Å². The molecule has 1 aliphatic heterocycles. The van der Waals surface area contributed by atoms with Crippen molar-refractivity contribution in [2.75, 3.05) is 11.1 Å². The molecule has 1 atom stereocenters. The lowest BCUT2D eigenvalue weighted by molar-refractivity contribution is 0.101. The van der Waals surface area contributed by atoms with E-state index < -0.39 is 11.4 Å². The maximum absolute atomic E-state index is 14.5. The van der Waals surface area contributed by atoms with Crippen LogP contribution in [-0.2, 0) is 5.54 Å². The molecule has 0 spiro atoms. The third-order valence-corrected chi connectivity index (χ3v) is 6.19. The smallest absolute Gasteiger partial charge is 0.277 e. The fraction of sp³-hybridized carbons (Fsp3) is 0.211. The Labute approximate surface area is 169 Å². The normalized spacial score (nSPS) is 19.3. The summed E-state index contributed by atoms with van der Waals surface area (Å²) in [5.41, 5.74) is 6.07. The Bertz CT molecular complexity index is 1050. The molecule has 1 unspecified atom stereocenters. The van der Waals surface area contributed by atoms with Gasteiger partial charge in [-0.3, -0.25) is 9.79 Å². The molecule has 1 aliphatic rings. The number of anilines is 1. The molecule has 3 N–H and O–H groups in total. The van der Waals surface area contributed by atoms with Crippen LogP contribution in [0.2, 0.25) is 0 Å². The van der Waals surface area contributed by atoms with Gasteiger partial charge in [-0.2, -0.15) is 0 Å². The van der Waals surface area contributed by atoms with E-state index in [0.29, 0.717) is 28.6 Å². The molecule has 0 radical (unpaired) electrons. The highest BCUT2D eigenvalue weighted by Crippen LogP contribution is 2.37. The van der Waals surface area contributed by atoms with E-state index in [1.54, 1.807) is 12.1 Å². The summed E-state index contributed by atoms with van der Waals surface area (Å²) in [7, 11) is 0. The van der Waals surface area contributed by atoms with Crippen molar-refractivity contribution >= 4 is 39.9 Å². The minimum atomic E-state index is -0.764. The molecular formula is C19H17FN4O2S2. The van der Waals surface area contributed by atoms with Gasteiger partial charge in [-0.15, -0.1) is 11.3 Å². The van der Waals surface area contributed by atoms with Crippen molar-refractivity contribution in [2.45, 2.75) is 18.9 Å².